The van der Waals surface area contributed by atoms with E-state index in [0.29, 0.717) is 24.6 Å². The molecule has 5 heteroatoms. The molecule has 0 bridgehead atoms. The number of benzene rings is 1. The van der Waals surface area contributed by atoms with Crippen molar-refractivity contribution >= 4 is 0 Å². The largest absolute Gasteiger partial charge is 0.493 e. The van der Waals surface area contributed by atoms with E-state index in [1.165, 1.54) is 0 Å². The number of rotatable bonds is 7. The lowest BCUT2D eigenvalue weighted by molar-refractivity contribution is 0.170. The Kier molecular flexibility index (Phi) is 5.76. The van der Waals surface area contributed by atoms with Gasteiger partial charge in [0, 0.05) is 13.1 Å². The molecule has 0 heterocycles. The first-order chi connectivity index (χ1) is 8.22. The third kappa shape index (κ3) is 3.89. The second-order valence-corrected chi connectivity index (χ2v) is 3.56. The summed E-state index contributed by atoms with van der Waals surface area (Å²) in [6, 6.07) is 5.28. The second kappa shape index (κ2) is 7.11. The predicted molar refractivity (Wildman–Crippen MR) is 64.5 cm³/mol. The molecule has 96 valence electrons. The zero-order valence-corrected chi connectivity index (χ0v) is 10.1. The predicted octanol–water partition coefficient (Wildman–Crippen LogP) is 0.319. The monoisotopic (exact) mass is 241 g/mol. The summed E-state index contributed by atoms with van der Waals surface area (Å²) in [5.41, 5.74) is 0.744. The maximum Gasteiger partial charge on any atom is 0.161 e. The van der Waals surface area contributed by atoms with Gasteiger partial charge in [0.25, 0.3) is 0 Å². The topological polar surface area (TPSA) is 71.0 Å². The van der Waals surface area contributed by atoms with Gasteiger partial charge < -0.3 is 25.0 Å². The first-order valence-corrected chi connectivity index (χ1v) is 5.44. The Morgan fingerprint density at radius 3 is 2.53 bits per heavy atom. The van der Waals surface area contributed by atoms with Crippen molar-refractivity contribution in [2.75, 3.05) is 33.9 Å². The van der Waals surface area contributed by atoms with Gasteiger partial charge in [-0.1, -0.05) is 6.07 Å². The van der Waals surface area contributed by atoms with Crippen LogP contribution in [0.2, 0.25) is 0 Å². The molecule has 0 aliphatic carbocycles. The van der Waals surface area contributed by atoms with Crippen molar-refractivity contribution in [3.63, 3.8) is 0 Å². The first kappa shape index (κ1) is 13.8. The van der Waals surface area contributed by atoms with Crippen molar-refractivity contribution in [3.8, 4) is 11.5 Å². The van der Waals surface area contributed by atoms with Crippen LogP contribution < -0.4 is 14.8 Å². The van der Waals surface area contributed by atoms with E-state index in [4.69, 9.17) is 14.6 Å². The Balaban J connectivity index is 2.70. The number of ether oxygens (including phenoxy) is 2. The summed E-state index contributed by atoms with van der Waals surface area (Å²) in [4.78, 5) is 0. The molecule has 17 heavy (non-hydrogen) atoms. The lowest BCUT2D eigenvalue weighted by atomic mass is 10.1. The molecule has 0 amide bonds. The highest BCUT2D eigenvalue weighted by Gasteiger charge is 2.11. The molecule has 0 saturated heterocycles. The van der Waals surface area contributed by atoms with Gasteiger partial charge in [0.2, 0.25) is 0 Å². The van der Waals surface area contributed by atoms with Crippen LogP contribution in [-0.4, -0.2) is 44.1 Å². The van der Waals surface area contributed by atoms with Crippen molar-refractivity contribution in [3.05, 3.63) is 23.8 Å². The van der Waals surface area contributed by atoms with Gasteiger partial charge in [-0.3, -0.25) is 0 Å². The summed E-state index contributed by atoms with van der Waals surface area (Å²) < 4.78 is 10.3. The van der Waals surface area contributed by atoms with E-state index in [0.717, 1.165) is 5.56 Å². The summed E-state index contributed by atoms with van der Waals surface area (Å²) in [5, 5.41) is 21.4. The van der Waals surface area contributed by atoms with Crippen LogP contribution in [0, 0.1) is 0 Å². The van der Waals surface area contributed by atoms with E-state index in [-0.39, 0.29) is 6.61 Å². The van der Waals surface area contributed by atoms with Crippen LogP contribution in [0.15, 0.2) is 18.2 Å². The highest BCUT2D eigenvalue weighted by atomic mass is 16.5. The summed E-state index contributed by atoms with van der Waals surface area (Å²) in [7, 11) is 3.12. The van der Waals surface area contributed by atoms with Gasteiger partial charge >= 0.3 is 0 Å². The number of hydrogen-bond donors (Lipinski definition) is 3. The number of nitrogens with one attached hydrogen (secondary N) is 1. The lowest BCUT2D eigenvalue weighted by Crippen LogP contribution is -2.24. The number of aliphatic hydroxyl groups excluding tert-OH is 2. The summed E-state index contributed by atoms with van der Waals surface area (Å²) >= 11 is 0. The second-order valence-electron chi connectivity index (χ2n) is 3.56. The average molecular weight is 241 g/mol. The van der Waals surface area contributed by atoms with Crippen molar-refractivity contribution in [1.29, 1.82) is 0 Å². The number of hydrogen-bond acceptors (Lipinski definition) is 5. The van der Waals surface area contributed by atoms with E-state index in [1.807, 2.05) is 0 Å². The van der Waals surface area contributed by atoms with Crippen molar-refractivity contribution in [2.45, 2.75) is 6.10 Å². The summed E-state index contributed by atoms with van der Waals surface area (Å²) in [6.45, 7) is 0.902. The Hall–Kier alpha value is -1.30. The minimum atomic E-state index is -0.638. The quantitative estimate of drug-likeness (QED) is 0.600. The van der Waals surface area contributed by atoms with Crippen LogP contribution in [0.3, 0.4) is 0 Å². The molecule has 0 unspecified atom stereocenters. The molecular weight excluding hydrogens is 222 g/mol. The Labute approximate surface area is 101 Å². The lowest BCUT2D eigenvalue weighted by Gasteiger charge is -2.14. The maximum absolute atomic E-state index is 9.89. The van der Waals surface area contributed by atoms with Crippen LogP contribution in [0.4, 0.5) is 0 Å². The molecule has 3 N–H and O–H groups in total. The molecule has 0 aliphatic heterocycles. The molecule has 0 fully saturated rings. The molecule has 0 saturated carbocycles. The van der Waals surface area contributed by atoms with Gasteiger partial charge in [-0.25, -0.2) is 0 Å². The zero-order valence-electron chi connectivity index (χ0n) is 10.1. The highest BCUT2D eigenvalue weighted by Crippen LogP contribution is 2.29. The van der Waals surface area contributed by atoms with Gasteiger partial charge in [-0.05, 0) is 17.7 Å². The van der Waals surface area contributed by atoms with E-state index in [2.05, 4.69) is 5.32 Å². The zero-order chi connectivity index (χ0) is 12.7. The molecule has 0 aliphatic rings. The van der Waals surface area contributed by atoms with Crippen LogP contribution in [-0.2, 0) is 0 Å². The normalized spacial score (nSPS) is 12.2. The van der Waals surface area contributed by atoms with Gasteiger partial charge in [0.15, 0.2) is 11.5 Å². The maximum atomic E-state index is 9.89. The molecule has 0 radical (unpaired) electrons. The molecule has 0 spiro atoms. The molecule has 5 nitrogen and oxygen atoms in total. The molecular formula is C12H19NO4. The molecule has 1 rings (SSSR count). The SMILES string of the molecule is COc1ccc([C@H](O)CNCCO)cc1OC. The van der Waals surface area contributed by atoms with E-state index in [9.17, 15) is 5.11 Å². The minimum absolute atomic E-state index is 0.0542. The number of aliphatic hydroxyl groups is 2. The van der Waals surface area contributed by atoms with Crippen LogP contribution in [0.1, 0.15) is 11.7 Å². The van der Waals surface area contributed by atoms with Gasteiger partial charge in [-0.15, -0.1) is 0 Å². The van der Waals surface area contributed by atoms with Crippen LogP contribution in [0.25, 0.3) is 0 Å². The van der Waals surface area contributed by atoms with Crippen molar-refractivity contribution in [2.24, 2.45) is 0 Å². The Bertz CT molecular complexity index is 343. The van der Waals surface area contributed by atoms with E-state index >= 15 is 0 Å². The highest BCUT2D eigenvalue weighted by molar-refractivity contribution is 5.43. The fourth-order valence-electron chi connectivity index (χ4n) is 1.50. The van der Waals surface area contributed by atoms with Gasteiger partial charge in [0.05, 0.1) is 26.9 Å². The fourth-order valence-corrected chi connectivity index (χ4v) is 1.50. The summed E-state index contributed by atoms with van der Waals surface area (Å²) in [5.74, 6) is 1.22. The van der Waals surface area contributed by atoms with Crippen molar-refractivity contribution in [1.82, 2.24) is 5.32 Å². The van der Waals surface area contributed by atoms with Crippen LogP contribution in [0.5, 0.6) is 11.5 Å². The Morgan fingerprint density at radius 2 is 1.94 bits per heavy atom. The standard InChI is InChI=1S/C12H19NO4/c1-16-11-4-3-9(7-12(11)17-2)10(15)8-13-5-6-14/h3-4,7,10,13-15H,5-6,8H2,1-2H3/t10-/m1/s1. The average Bonchev–Trinajstić information content (AvgIpc) is 2.38. The smallest absolute Gasteiger partial charge is 0.161 e. The van der Waals surface area contributed by atoms with Gasteiger partial charge in [0.1, 0.15) is 0 Å². The molecule has 1 aromatic rings. The minimum Gasteiger partial charge on any atom is -0.493 e. The third-order valence-electron chi connectivity index (χ3n) is 2.42. The fraction of sp³-hybridized carbons (Fsp3) is 0.500. The van der Waals surface area contributed by atoms with E-state index < -0.39 is 6.10 Å². The van der Waals surface area contributed by atoms with Gasteiger partial charge in [-0.2, -0.15) is 0 Å². The molecule has 1 atom stereocenters. The van der Waals surface area contributed by atoms with Crippen molar-refractivity contribution < 1.29 is 19.7 Å². The molecule has 1 aromatic carbocycles. The van der Waals surface area contributed by atoms with Crippen LogP contribution >= 0.6 is 0 Å². The number of methoxy groups -OCH3 is 2. The Morgan fingerprint density at radius 1 is 1.24 bits per heavy atom. The summed E-state index contributed by atoms with van der Waals surface area (Å²) in [6.07, 6.45) is -0.638. The van der Waals surface area contributed by atoms with E-state index in [1.54, 1.807) is 32.4 Å². The first-order valence-electron chi connectivity index (χ1n) is 5.44. The molecule has 0 aromatic heterocycles. The third-order valence-corrected chi connectivity index (χ3v) is 2.42.